The Hall–Kier alpha value is -0.730. The van der Waals surface area contributed by atoms with Crippen LogP contribution < -0.4 is 5.73 Å². The summed E-state index contributed by atoms with van der Waals surface area (Å²) in [6.07, 6.45) is 1.11. The molecule has 1 aliphatic carbocycles. The van der Waals surface area contributed by atoms with Crippen molar-refractivity contribution in [3.63, 3.8) is 0 Å². The van der Waals surface area contributed by atoms with Gasteiger partial charge in [0.2, 0.25) is 5.91 Å². The Kier molecular flexibility index (Phi) is 3.07. The molecule has 78 valence electrons. The molecule has 1 aliphatic heterocycles. The molecule has 2 aliphatic rings. The van der Waals surface area contributed by atoms with E-state index >= 15 is 0 Å². The second-order valence-electron chi connectivity index (χ2n) is 4.01. The van der Waals surface area contributed by atoms with Crippen LogP contribution >= 0.6 is 13.5 Å². The van der Waals surface area contributed by atoms with E-state index < -0.39 is 6.04 Å². The summed E-state index contributed by atoms with van der Waals surface area (Å²) in [5.74, 6) is 0.929. The number of amides is 1. The summed E-state index contributed by atoms with van der Waals surface area (Å²) in [5.41, 5.74) is 5.49. The Labute approximate surface area is 90.5 Å². The van der Waals surface area contributed by atoms with Crippen LogP contribution in [0.15, 0.2) is 0 Å². The fourth-order valence-electron chi connectivity index (χ4n) is 2.12. The lowest BCUT2D eigenvalue weighted by Gasteiger charge is -2.24. The first-order chi connectivity index (χ1) is 6.15. The SMILES string of the molecule is C[C@H](N)C(=O)N1C[C@H]2C[C@H]2C1C#N.S. The molecule has 1 heterocycles. The van der Waals surface area contributed by atoms with Gasteiger partial charge >= 0.3 is 0 Å². The first-order valence-electron chi connectivity index (χ1n) is 4.61. The van der Waals surface area contributed by atoms with Crippen LogP contribution in [0.2, 0.25) is 0 Å². The van der Waals surface area contributed by atoms with Crippen molar-refractivity contribution in [3.05, 3.63) is 0 Å². The quantitative estimate of drug-likeness (QED) is 0.656. The predicted molar refractivity (Wildman–Crippen MR) is 56.7 cm³/mol. The normalized spacial score (nSPS) is 35.2. The van der Waals surface area contributed by atoms with E-state index in [9.17, 15) is 4.79 Å². The number of piperidine rings is 1. The van der Waals surface area contributed by atoms with Crippen LogP contribution in [-0.4, -0.2) is 29.4 Å². The van der Waals surface area contributed by atoms with Gasteiger partial charge in [-0.3, -0.25) is 4.79 Å². The third-order valence-corrected chi connectivity index (χ3v) is 2.95. The van der Waals surface area contributed by atoms with Crippen molar-refractivity contribution in [2.45, 2.75) is 25.4 Å². The van der Waals surface area contributed by atoms with Crippen molar-refractivity contribution in [3.8, 4) is 6.07 Å². The summed E-state index contributed by atoms with van der Waals surface area (Å²) in [5, 5.41) is 8.88. The van der Waals surface area contributed by atoms with Gasteiger partial charge in [-0.2, -0.15) is 18.8 Å². The number of nitriles is 1. The molecule has 0 spiro atoms. The zero-order valence-electron chi connectivity index (χ0n) is 8.10. The van der Waals surface area contributed by atoms with Crippen molar-refractivity contribution in [1.82, 2.24) is 4.90 Å². The van der Waals surface area contributed by atoms with Crippen molar-refractivity contribution in [1.29, 1.82) is 5.26 Å². The molecule has 1 saturated heterocycles. The molecule has 2 N–H and O–H groups in total. The van der Waals surface area contributed by atoms with Crippen LogP contribution in [0.3, 0.4) is 0 Å². The molecule has 4 atom stereocenters. The zero-order valence-corrected chi connectivity index (χ0v) is 9.10. The number of hydrogen-bond acceptors (Lipinski definition) is 3. The van der Waals surface area contributed by atoms with E-state index in [0.29, 0.717) is 11.8 Å². The monoisotopic (exact) mass is 213 g/mol. The van der Waals surface area contributed by atoms with E-state index in [1.54, 1.807) is 11.8 Å². The van der Waals surface area contributed by atoms with Crippen LogP contribution in [-0.2, 0) is 4.79 Å². The smallest absolute Gasteiger partial charge is 0.240 e. The van der Waals surface area contributed by atoms with Crippen molar-refractivity contribution >= 4 is 19.4 Å². The van der Waals surface area contributed by atoms with Gasteiger partial charge in [-0.25, -0.2) is 0 Å². The summed E-state index contributed by atoms with van der Waals surface area (Å²) in [7, 11) is 0. The summed E-state index contributed by atoms with van der Waals surface area (Å²) in [6.45, 7) is 2.41. The minimum absolute atomic E-state index is 0. The third kappa shape index (κ3) is 1.60. The number of carbonyl (C=O) groups is 1. The number of likely N-dealkylation sites (tertiary alicyclic amines) is 1. The second kappa shape index (κ2) is 3.79. The molecule has 5 heteroatoms. The molecule has 0 aromatic heterocycles. The standard InChI is InChI=1S/C9H13N3O.H2S/c1-5(11)9(13)12-4-6-2-7(6)8(12)3-10;/h5-8H,2,4,11H2,1H3;1H2/t5-,6+,7+,8?;/m0./s1. The molecule has 14 heavy (non-hydrogen) atoms. The van der Waals surface area contributed by atoms with E-state index in [1.807, 2.05) is 0 Å². The van der Waals surface area contributed by atoms with E-state index in [1.165, 1.54) is 0 Å². The molecular formula is C9H15N3OS. The number of carbonyl (C=O) groups excluding carboxylic acids is 1. The summed E-state index contributed by atoms with van der Waals surface area (Å²) in [4.78, 5) is 13.2. The maximum atomic E-state index is 11.5. The highest BCUT2D eigenvalue weighted by Gasteiger charge is 2.54. The first-order valence-corrected chi connectivity index (χ1v) is 4.61. The average molecular weight is 213 g/mol. The molecule has 1 amide bonds. The number of rotatable bonds is 1. The van der Waals surface area contributed by atoms with Crippen molar-refractivity contribution in [2.24, 2.45) is 17.6 Å². The van der Waals surface area contributed by atoms with E-state index in [0.717, 1.165) is 13.0 Å². The third-order valence-electron chi connectivity index (χ3n) is 2.95. The topological polar surface area (TPSA) is 70.1 Å². The van der Waals surface area contributed by atoms with Crippen molar-refractivity contribution in [2.75, 3.05) is 6.54 Å². The van der Waals surface area contributed by atoms with Gasteiger partial charge in [0.25, 0.3) is 0 Å². The Morgan fingerprint density at radius 2 is 2.36 bits per heavy atom. The predicted octanol–water partition coefficient (Wildman–Crippen LogP) is -0.183. The molecular weight excluding hydrogens is 198 g/mol. The maximum absolute atomic E-state index is 11.5. The lowest BCUT2D eigenvalue weighted by molar-refractivity contribution is -0.132. The number of hydrogen-bond donors (Lipinski definition) is 1. The number of nitrogens with zero attached hydrogens (tertiary/aromatic N) is 2. The minimum Gasteiger partial charge on any atom is -0.325 e. The van der Waals surface area contributed by atoms with E-state index in [-0.39, 0.29) is 25.4 Å². The fourth-order valence-corrected chi connectivity index (χ4v) is 2.12. The lowest BCUT2D eigenvalue weighted by atomic mass is 10.2. The summed E-state index contributed by atoms with van der Waals surface area (Å²) < 4.78 is 0. The highest BCUT2D eigenvalue weighted by molar-refractivity contribution is 7.59. The van der Waals surface area contributed by atoms with E-state index in [4.69, 9.17) is 11.0 Å². The van der Waals surface area contributed by atoms with Gasteiger partial charge in [0.1, 0.15) is 6.04 Å². The molecule has 0 bridgehead atoms. The largest absolute Gasteiger partial charge is 0.325 e. The molecule has 2 fully saturated rings. The maximum Gasteiger partial charge on any atom is 0.240 e. The fraction of sp³-hybridized carbons (Fsp3) is 0.778. The van der Waals surface area contributed by atoms with Crippen LogP contribution in [0.25, 0.3) is 0 Å². The van der Waals surface area contributed by atoms with Crippen LogP contribution in [0.4, 0.5) is 0 Å². The summed E-state index contributed by atoms with van der Waals surface area (Å²) in [6, 6.07) is 1.51. The van der Waals surface area contributed by atoms with Crippen LogP contribution in [0.5, 0.6) is 0 Å². The highest BCUT2D eigenvalue weighted by atomic mass is 32.1. The van der Waals surface area contributed by atoms with Gasteiger partial charge in [-0.1, -0.05) is 0 Å². The van der Waals surface area contributed by atoms with E-state index in [2.05, 4.69) is 6.07 Å². The molecule has 0 aromatic carbocycles. The van der Waals surface area contributed by atoms with Gasteiger partial charge in [0.05, 0.1) is 12.1 Å². The highest BCUT2D eigenvalue weighted by Crippen LogP contribution is 2.49. The zero-order chi connectivity index (χ0) is 9.59. The van der Waals surface area contributed by atoms with Gasteiger partial charge in [0, 0.05) is 6.54 Å². The average Bonchev–Trinajstić information content (AvgIpc) is 2.76. The van der Waals surface area contributed by atoms with Crippen LogP contribution in [0, 0.1) is 23.2 Å². The van der Waals surface area contributed by atoms with Gasteiger partial charge in [-0.05, 0) is 25.2 Å². The van der Waals surface area contributed by atoms with Gasteiger partial charge in [-0.15, -0.1) is 0 Å². The van der Waals surface area contributed by atoms with Gasteiger partial charge in [0.15, 0.2) is 0 Å². The summed E-state index contributed by atoms with van der Waals surface area (Å²) >= 11 is 0. The molecule has 4 nitrogen and oxygen atoms in total. The molecule has 0 radical (unpaired) electrons. The Bertz CT molecular complexity index is 286. The van der Waals surface area contributed by atoms with Crippen molar-refractivity contribution < 1.29 is 4.79 Å². The second-order valence-corrected chi connectivity index (χ2v) is 4.01. The Morgan fingerprint density at radius 1 is 1.71 bits per heavy atom. The van der Waals surface area contributed by atoms with Crippen LogP contribution in [0.1, 0.15) is 13.3 Å². The molecule has 2 rings (SSSR count). The minimum atomic E-state index is -0.478. The first kappa shape index (κ1) is 11.3. The van der Waals surface area contributed by atoms with Gasteiger partial charge < -0.3 is 10.6 Å². The molecule has 1 saturated carbocycles. The number of fused-ring (bicyclic) bond motifs is 1. The lowest BCUT2D eigenvalue weighted by Crippen LogP contribution is -2.45. The molecule has 1 unspecified atom stereocenters. The molecule has 0 aromatic rings. The Morgan fingerprint density at radius 3 is 2.86 bits per heavy atom. The number of nitrogens with two attached hydrogens (primary N) is 1. The Balaban J connectivity index is 0.000000980.